The van der Waals surface area contributed by atoms with Crippen LogP contribution in [0.3, 0.4) is 0 Å². The predicted molar refractivity (Wildman–Crippen MR) is 75.5 cm³/mol. The minimum atomic E-state index is 0.579. The summed E-state index contributed by atoms with van der Waals surface area (Å²) in [5, 5.41) is 3.50. The number of hydrogen-bond acceptors (Lipinski definition) is 3. The number of ether oxygens (including phenoxy) is 1. The molecule has 0 aliphatic carbocycles. The first-order valence-corrected chi connectivity index (χ1v) is 6.90. The number of hydrogen-bond donors (Lipinski definition) is 1. The zero-order valence-electron chi connectivity index (χ0n) is 12.6. The van der Waals surface area contributed by atoms with Crippen molar-refractivity contribution in [2.45, 2.75) is 40.7 Å². The second kappa shape index (κ2) is 9.86. The van der Waals surface area contributed by atoms with E-state index in [1.165, 1.54) is 0 Å². The maximum atomic E-state index is 5.18. The van der Waals surface area contributed by atoms with Gasteiger partial charge in [-0.25, -0.2) is 0 Å². The van der Waals surface area contributed by atoms with Crippen LogP contribution in [0.4, 0.5) is 0 Å². The summed E-state index contributed by atoms with van der Waals surface area (Å²) in [7, 11) is 1.78. The van der Waals surface area contributed by atoms with Gasteiger partial charge in [0.15, 0.2) is 0 Å². The number of rotatable bonds is 10. The molecule has 0 fully saturated rings. The van der Waals surface area contributed by atoms with Crippen LogP contribution in [-0.4, -0.2) is 50.8 Å². The van der Waals surface area contributed by atoms with Crippen molar-refractivity contribution in [3.8, 4) is 0 Å². The summed E-state index contributed by atoms with van der Waals surface area (Å²) in [6, 6.07) is 0.579. The van der Waals surface area contributed by atoms with Gasteiger partial charge in [-0.05, 0) is 18.4 Å². The first kappa shape index (κ1) is 16.9. The standard InChI is InChI=1S/C14H32N2O/c1-12(2)10-16(7-8-17-6)11-14(5)9-15-13(3)4/h12-15H,7-11H2,1-6H3. The lowest BCUT2D eigenvalue weighted by atomic mass is 10.1. The summed E-state index contributed by atoms with van der Waals surface area (Å²) in [6.07, 6.45) is 0. The normalized spacial score (nSPS) is 13.9. The highest BCUT2D eigenvalue weighted by atomic mass is 16.5. The monoisotopic (exact) mass is 244 g/mol. The summed E-state index contributed by atoms with van der Waals surface area (Å²) in [5.74, 6) is 1.41. The Labute approximate surface area is 108 Å². The largest absolute Gasteiger partial charge is 0.383 e. The molecule has 0 saturated carbocycles. The van der Waals surface area contributed by atoms with Crippen LogP contribution in [0.15, 0.2) is 0 Å². The summed E-state index contributed by atoms with van der Waals surface area (Å²) in [5.41, 5.74) is 0. The van der Waals surface area contributed by atoms with Crippen LogP contribution < -0.4 is 5.32 Å². The van der Waals surface area contributed by atoms with Gasteiger partial charge in [-0.1, -0.05) is 34.6 Å². The topological polar surface area (TPSA) is 24.5 Å². The molecule has 0 radical (unpaired) electrons. The second-order valence-corrected chi connectivity index (χ2v) is 5.81. The van der Waals surface area contributed by atoms with Gasteiger partial charge >= 0.3 is 0 Å². The zero-order chi connectivity index (χ0) is 13.3. The molecule has 0 aromatic rings. The van der Waals surface area contributed by atoms with Gasteiger partial charge in [0.1, 0.15) is 0 Å². The summed E-state index contributed by atoms with van der Waals surface area (Å²) in [6.45, 7) is 16.5. The van der Waals surface area contributed by atoms with Crippen molar-refractivity contribution in [3.63, 3.8) is 0 Å². The van der Waals surface area contributed by atoms with E-state index in [1.807, 2.05) is 0 Å². The maximum Gasteiger partial charge on any atom is 0.0589 e. The fraction of sp³-hybridized carbons (Fsp3) is 1.00. The fourth-order valence-electron chi connectivity index (χ4n) is 1.94. The highest BCUT2D eigenvalue weighted by molar-refractivity contribution is 4.67. The molecule has 0 aliphatic rings. The van der Waals surface area contributed by atoms with Gasteiger partial charge in [-0.2, -0.15) is 0 Å². The lowest BCUT2D eigenvalue weighted by Crippen LogP contribution is -2.38. The molecule has 3 nitrogen and oxygen atoms in total. The second-order valence-electron chi connectivity index (χ2n) is 5.81. The van der Waals surface area contributed by atoms with Gasteiger partial charge in [0.2, 0.25) is 0 Å². The molecule has 0 saturated heterocycles. The molecule has 0 amide bonds. The Kier molecular flexibility index (Phi) is 9.79. The molecule has 17 heavy (non-hydrogen) atoms. The third-order valence-corrected chi connectivity index (χ3v) is 2.68. The predicted octanol–water partition coefficient (Wildman–Crippen LogP) is 2.22. The molecule has 3 heteroatoms. The Hall–Kier alpha value is -0.120. The van der Waals surface area contributed by atoms with E-state index in [9.17, 15) is 0 Å². The van der Waals surface area contributed by atoms with E-state index in [0.29, 0.717) is 12.0 Å². The van der Waals surface area contributed by atoms with E-state index in [2.05, 4.69) is 44.8 Å². The van der Waals surface area contributed by atoms with Crippen LogP contribution in [-0.2, 0) is 4.74 Å². The number of nitrogens with one attached hydrogen (secondary N) is 1. The van der Waals surface area contributed by atoms with E-state index < -0.39 is 0 Å². The fourth-order valence-corrected chi connectivity index (χ4v) is 1.94. The van der Waals surface area contributed by atoms with Crippen LogP contribution >= 0.6 is 0 Å². The Morgan fingerprint density at radius 2 is 1.71 bits per heavy atom. The SMILES string of the molecule is COCCN(CC(C)C)CC(C)CNC(C)C. The minimum Gasteiger partial charge on any atom is -0.383 e. The molecule has 0 aromatic carbocycles. The highest BCUT2D eigenvalue weighted by Crippen LogP contribution is 2.04. The summed E-state index contributed by atoms with van der Waals surface area (Å²) < 4.78 is 5.18. The summed E-state index contributed by atoms with van der Waals surface area (Å²) in [4.78, 5) is 2.51. The third kappa shape index (κ3) is 10.7. The van der Waals surface area contributed by atoms with Gasteiger partial charge in [0, 0.05) is 32.8 Å². The Balaban J connectivity index is 3.93. The van der Waals surface area contributed by atoms with Crippen LogP contribution in [0.5, 0.6) is 0 Å². The van der Waals surface area contributed by atoms with Gasteiger partial charge in [-0.3, -0.25) is 0 Å². The lowest BCUT2D eigenvalue weighted by molar-refractivity contribution is 0.129. The molecule has 1 unspecified atom stereocenters. The van der Waals surface area contributed by atoms with Crippen molar-refractivity contribution in [1.29, 1.82) is 0 Å². The number of methoxy groups -OCH3 is 1. The molecule has 0 spiro atoms. The van der Waals surface area contributed by atoms with Gasteiger partial charge < -0.3 is 15.0 Å². The van der Waals surface area contributed by atoms with Gasteiger partial charge in [0.25, 0.3) is 0 Å². The average Bonchev–Trinajstić information content (AvgIpc) is 2.22. The van der Waals surface area contributed by atoms with Crippen molar-refractivity contribution in [2.75, 3.05) is 39.9 Å². The highest BCUT2D eigenvalue weighted by Gasteiger charge is 2.11. The van der Waals surface area contributed by atoms with E-state index in [1.54, 1.807) is 7.11 Å². The van der Waals surface area contributed by atoms with Crippen molar-refractivity contribution in [2.24, 2.45) is 11.8 Å². The van der Waals surface area contributed by atoms with E-state index in [4.69, 9.17) is 4.74 Å². The molecule has 0 bridgehead atoms. The first-order valence-electron chi connectivity index (χ1n) is 6.90. The smallest absolute Gasteiger partial charge is 0.0589 e. The summed E-state index contributed by atoms with van der Waals surface area (Å²) >= 11 is 0. The molecule has 1 atom stereocenters. The van der Waals surface area contributed by atoms with Crippen LogP contribution in [0.2, 0.25) is 0 Å². The van der Waals surface area contributed by atoms with Crippen LogP contribution in [0, 0.1) is 11.8 Å². The molecule has 104 valence electrons. The minimum absolute atomic E-state index is 0.579. The molecule has 0 rings (SSSR count). The van der Waals surface area contributed by atoms with Crippen molar-refractivity contribution >= 4 is 0 Å². The molecular weight excluding hydrogens is 212 g/mol. The Bertz CT molecular complexity index is 172. The molecular formula is C14H32N2O. The van der Waals surface area contributed by atoms with Crippen molar-refractivity contribution < 1.29 is 4.74 Å². The quantitative estimate of drug-likeness (QED) is 0.638. The van der Waals surface area contributed by atoms with Crippen LogP contribution in [0.1, 0.15) is 34.6 Å². The van der Waals surface area contributed by atoms with Crippen molar-refractivity contribution in [1.82, 2.24) is 10.2 Å². The van der Waals surface area contributed by atoms with E-state index >= 15 is 0 Å². The lowest BCUT2D eigenvalue weighted by Gasteiger charge is -2.27. The zero-order valence-corrected chi connectivity index (χ0v) is 12.6. The van der Waals surface area contributed by atoms with Gasteiger partial charge in [0.05, 0.1) is 6.61 Å². The Morgan fingerprint density at radius 1 is 1.06 bits per heavy atom. The van der Waals surface area contributed by atoms with E-state index in [-0.39, 0.29) is 0 Å². The average molecular weight is 244 g/mol. The van der Waals surface area contributed by atoms with E-state index in [0.717, 1.165) is 38.7 Å². The van der Waals surface area contributed by atoms with Crippen LogP contribution in [0.25, 0.3) is 0 Å². The molecule has 0 heterocycles. The molecule has 0 aromatic heterocycles. The molecule has 1 N–H and O–H groups in total. The maximum absolute atomic E-state index is 5.18. The number of nitrogens with zero attached hydrogens (tertiary/aromatic N) is 1. The Morgan fingerprint density at radius 3 is 2.18 bits per heavy atom. The van der Waals surface area contributed by atoms with Crippen molar-refractivity contribution in [3.05, 3.63) is 0 Å². The molecule has 0 aliphatic heterocycles. The van der Waals surface area contributed by atoms with Gasteiger partial charge in [-0.15, -0.1) is 0 Å². The third-order valence-electron chi connectivity index (χ3n) is 2.68. The first-order chi connectivity index (χ1) is 7.95.